The van der Waals surface area contributed by atoms with Crippen LogP contribution in [0.1, 0.15) is 26.2 Å². The lowest BCUT2D eigenvalue weighted by molar-refractivity contribution is -0.127. The van der Waals surface area contributed by atoms with Gasteiger partial charge in [0.15, 0.2) is 0 Å². The molecular weight excluding hydrogens is 220 g/mol. The Balaban J connectivity index is 2.11. The molecule has 1 fully saturated rings. The summed E-state index contributed by atoms with van der Waals surface area (Å²) in [7, 11) is 1.61. The Morgan fingerprint density at radius 1 is 1.47 bits per heavy atom. The molecule has 0 radical (unpaired) electrons. The maximum Gasteiger partial charge on any atom is 0.246 e. The summed E-state index contributed by atoms with van der Waals surface area (Å²) >= 11 is 0. The predicted octanol–water partition coefficient (Wildman–Crippen LogP) is 0.296. The number of hydrogen-bond donors (Lipinski definition) is 2. The topological polar surface area (TPSA) is 59.6 Å². The molecule has 1 rings (SSSR count). The highest BCUT2D eigenvalue weighted by molar-refractivity contribution is 5.77. The van der Waals surface area contributed by atoms with Crippen LogP contribution in [0, 0.1) is 0 Å². The molecule has 1 aliphatic rings. The van der Waals surface area contributed by atoms with Crippen LogP contribution in [0.25, 0.3) is 0 Å². The van der Waals surface area contributed by atoms with Crippen LogP contribution in [0.3, 0.4) is 0 Å². The van der Waals surface area contributed by atoms with Crippen molar-refractivity contribution in [3.8, 4) is 0 Å². The summed E-state index contributed by atoms with van der Waals surface area (Å²) in [5.41, 5.74) is 0. The van der Waals surface area contributed by atoms with E-state index in [0.29, 0.717) is 19.3 Å². The van der Waals surface area contributed by atoms with E-state index in [1.807, 2.05) is 6.92 Å². The van der Waals surface area contributed by atoms with E-state index >= 15 is 0 Å². The van der Waals surface area contributed by atoms with Crippen molar-refractivity contribution < 1.29 is 14.3 Å². The minimum absolute atomic E-state index is 0.0547. The highest BCUT2D eigenvalue weighted by Crippen LogP contribution is 2.09. The van der Waals surface area contributed by atoms with Gasteiger partial charge in [-0.15, -0.1) is 0 Å². The smallest absolute Gasteiger partial charge is 0.246 e. The van der Waals surface area contributed by atoms with Crippen LogP contribution < -0.4 is 10.6 Å². The number of methoxy groups -OCH3 is 1. The van der Waals surface area contributed by atoms with Crippen LogP contribution in [0.15, 0.2) is 0 Å². The van der Waals surface area contributed by atoms with Gasteiger partial charge in [-0.25, -0.2) is 0 Å². The molecule has 0 aromatic heterocycles. The van der Waals surface area contributed by atoms with E-state index in [0.717, 1.165) is 13.0 Å². The molecule has 5 nitrogen and oxygen atoms in total. The molecule has 0 spiro atoms. The van der Waals surface area contributed by atoms with Crippen LogP contribution in [0.5, 0.6) is 0 Å². The number of carbonyl (C=O) groups is 1. The Kier molecular flexibility index (Phi) is 7.16. The second-order valence-corrected chi connectivity index (χ2v) is 4.46. The fourth-order valence-electron chi connectivity index (χ4n) is 2.01. The monoisotopic (exact) mass is 244 g/mol. The zero-order valence-corrected chi connectivity index (χ0v) is 10.8. The van der Waals surface area contributed by atoms with Gasteiger partial charge in [0.05, 0.1) is 13.2 Å². The Labute approximate surface area is 103 Å². The summed E-state index contributed by atoms with van der Waals surface area (Å²) in [6.07, 6.45) is 3.60. The summed E-state index contributed by atoms with van der Waals surface area (Å²) in [4.78, 5) is 11.6. The first kappa shape index (κ1) is 14.4. The van der Waals surface area contributed by atoms with Crippen LogP contribution >= 0.6 is 0 Å². The van der Waals surface area contributed by atoms with Crippen molar-refractivity contribution in [3.05, 3.63) is 0 Å². The van der Waals surface area contributed by atoms with Gasteiger partial charge in [-0.1, -0.05) is 6.42 Å². The van der Waals surface area contributed by atoms with Gasteiger partial charge in [-0.3, -0.25) is 4.79 Å². The second kappa shape index (κ2) is 8.44. The van der Waals surface area contributed by atoms with Crippen LogP contribution in [0.4, 0.5) is 0 Å². The van der Waals surface area contributed by atoms with Crippen molar-refractivity contribution >= 4 is 5.91 Å². The van der Waals surface area contributed by atoms with E-state index in [1.54, 1.807) is 7.11 Å². The van der Waals surface area contributed by atoms with E-state index in [4.69, 9.17) is 9.47 Å². The van der Waals surface area contributed by atoms with Crippen molar-refractivity contribution in [3.63, 3.8) is 0 Å². The summed E-state index contributed by atoms with van der Waals surface area (Å²) in [5.74, 6) is -0.0547. The van der Waals surface area contributed by atoms with E-state index in [1.165, 1.54) is 12.8 Å². The normalized spacial score (nSPS) is 22.1. The molecule has 1 heterocycles. The fraction of sp³-hybridized carbons (Fsp3) is 0.917. The Morgan fingerprint density at radius 2 is 2.29 bits per heavy atom. The number of ether oxygens (including phenoxy) is 2. The highest BCUT2D eigenvalue weighted by atomic mass is 16.5. The molecule has 0 aliphatic carbocycles. The molecule has 2 unspecified atom stereocenters. The molecule has 0 aromatic carbocycles. The molecule has 2 N–H and O–H groups in total. The second-order valence-electron chi connectivity index (χ2n) is 4.46. The van der Waals surface area contributed by atoms with Gasteiger partial charge >= 0.3 is 0 Å². The molecule has 5 heteroatoms. The van der Waals surface area contributed by atoms with Crippen LogP contribution in [-0.4, -0.2) is 51.5 Å². The van der Waals surface area contributed by atoms with E-state index in [-0.39, 0.29) is 18.6 Å². The molecule has 100 valence electrons. The molecule has 1 aliphatic heterocycles. The Morgan fingerprint density at radius 3 is 2.94 bits per heavy atom. The maximum atomic E-state index is 11.6. The molecule has 1 saturated heterocycles. The van der Waals surface area contributed by atoms with E-state index < -0.39 is 0 Å². The first-order chi connectivity index (χ1) is 8.24. The average Bonchev–Trinajstić information content (AvgIpc) is 2.36. The van der Waals surface area contributed by atoms with Gasteiger partial charge in [0.1, 0.15) is 6.61 Å². The number of nitrogens with one attached hydrogen (secondary N) is 2. The van der Waals surface area contributed by atoms with Crippen LogP contribution in [0.2, 0.25) is 0 Å². The van der Waals surface area contributed by atoms with Crippen molar-refractivity contribution in [1.29, 1.82) is 0 Å². The minimum Gasteiger partial charge on any atom is -0.382 e. The standard InChI is InChI=1S/C12H24N2O3/c1-10(11-5-3-4-6-13-11)14-12(15)9-17-8-7-16-2/h10-11,13H,3-9H2,1-2H3,(H,14,15). The summed E-state index contributed by atoms with van der Waals surface area (Å²) < 4.78 is 10.00. The summed E-state index contributed by atoms with van der Waals surface area (Å²) in [5, 5.41) is 6.38. The number of hydrogen-bond acceptors (Lipinski definition) is 4. The molecule has 0 bridgehead atoms. The van der Waals surface area contributed by atoms with Gasteiger partial charge < -0.3 is 20.1 Å². The molecule has 17 heavy (non-hydrogen) atoms. The lowest BCUT2D eigenvalue weighted by Gasteiger charge is -2.29. The third-order valence-corrected chi connectivity index (χ3v) is 3.01. The molecule has 1 amide bonds. The molecule has 2 atom stereocenters. The SMILES string of the molecule is COCCOCC(=O)NC(C)C1CCCCN1. The molecule has 0 aromatic rings. The van der Waals surface area contributed by atoms with Gasteiger partial charge in [-0.05, 0) is 26.3 Å². The van der Waals surface area contributed by atoms with E-state index in [2.05, 4.69) is 10.6 Å². The van der Waals surface area contributed by atoms with Crippen molar-refractivity contribution in [1.82, 2.24) is 10.6 Å². The van der Waals surface area contributed by atoms with Crippen molar-refractivity contribution in [2.45, 2.75) is 38.3 Å². The number of rotatable bonds is 7. The number of amides is 1. The third-order valence-electron chi connectivity index (χ3n) is 3.01. The zero-order valence-electron chi connectivity index (χ0n) is 10.8. The number of carbonyl (C=O) groups excluding carboxylic acids is 1. The average molecular weight is 244 g/mol. The van der Waals surface area contributed by atoms with Crippen molar-refractivity contribution in [2.75, 3.05) is 33.5 Å². The minimum atomic E-state index is -0.0547. The predicted molar refractivity (Wildman–Crippen MR) is 65.9 cm³/mol. The van der Waals surface area contributed by atoms with Gasteiger partial charge in [0.2, 0.25) is 5.91 Å². The zero-order chi connectivity index (χ0) is 12.5. The maximum absolute atomic E-state index is 11.6. The first-order valence-electron chi connectivity index (χ1n) is 6.33. The Bertz CT molecular complexity index is 218. The van der Waals surface area contributed by atoms with E-state index in [9.17, 15) is 4.79 Å². The van der Waals surface area contributed by atoms with Crippen LogP contribution in [-0.2, 0) is 14.3 Å². The quantitative estimate of drug-likeness (QED) is 0.632. The van der Waals surface area contributed by atoms with Gasteiger partial charge in [0, 0.05) is 19.2 Å². The third kappa shape index (κ3) is 6.00. The van der Waals surface area contributed by atoms with Gasteiger partial charge in [-0.2, -0.15) is 0 Å². The largest absolute Gasteiger partial charge is 0.382 e. The fourth-order valence-corrected chi connectivity index (χ4v) is 2.01. The molecular formula is C12H24N2O3. The first-order valence-corrected chi connectivity index (χ1v) is 6.33. The van der Waals surface area contributed by atoms with Crippen molar-refractivity contribution in [2.24, 2.45) is 0 Å². The summed E-state index contributed by atoms with van der Waals surface area (Å²) in [6.45, 7) is 4.18. The van der Waals surface area contributed by atoms with Gasteiger partial charge in [0.25, 0.3) is 0 Å². The highest BCUT2D eigenvalue weighted by Gasteiger charge is 2.20. The number of piperidine rings is 1. The lowest BCUT2D eigenvalue weighted by atomic mass is 9.99. The Hall–Kier alpha value is -0.650. The molecule has 0 saturated carbocycles. The summed E-state index contributed by atoms with van der Waals surface area (Å²) in [6, 6.07) is 0.556. The lowest BCUT2D eigenvalue weighted by Crippen LogP contribution is -2.50.